The van der Waals surface area contributed by atoms with Crippen LogP contribution in [-0.2, 0) is 41.0 Å². The zero-order valence-electron chi connectivity index (χ0n) is 29.4. The Morgan fingerprint density at radius 1 is 0.938 bits per heavy atom. The van der Waals surface area contributed by atoms with Crippen LogP contribution in [0.1, 0.15) is 63.3 Å². The second-order valence-electron chi connectivity index (χ2n) is 13.2. The van der Waals surface area contributed by atoms with Crippen molar-refractivity contribution in [2.24, 2.45) is 0 Å². The average molecular weight is 674 g/mol. The van der Waals surface area contributed by atoms with Gasteiger partial charge in [-0.25, -0.2) is 4.79 Å². The lowest BCUT2D eigenvalue weighted by atomic mass is 9.86. The zero-order chi connectivity index (χ0) is 35.1. The van der Waals surface area contributed by atoms with Crippen LogP contribution >= 0.6 is 0 Å². The maximum atomic E-state index is 14.6. The summed E-state index contributed by atoms with van der Waals surface area (Å²) >= 11 is 0. The number of amides is 4. The van der Waals surface area contributed by atoms with Gasteiger partial charge >= 0.3 is 6.03 Å². The summed E-state index contributed by atoms with van der Waals surface area (Å²) in [6.45, 7) is 17.3. The van der Waals surface area contributed by atoms with Gasteiger partial charge < -0.3 is 34.8 Å². The van der Waals surface area contributed by atoms with Crippen LogP contribution in [0.25, 0.3) is 0 Å². The average Bonchev–Trinajstić information content (AvgIpc) is 3.23. The monoisotopic (exact) mass is 673 g/mol. The molecule has 10 nitrogen and oxygen atoms in total. The van der Waals surface area contributed by atoms with E-state index in [0.29, 0.717) is 42.4 Å². The molecule has 0 aromatic heterocycles. The molecule has 4 rings (SSSR count). The second kappa shape index (κ2) is 15.9. The number of urea groups is 1. The van der Waals surface area contributed by atoms with Crippen molar-refractivity contribution in [1.29, 1.82) is 0 Å². The van der Waals surface area contributed by atoms with Crippen LogP contribution < -0.4 is 20.9 Å². The number of hydrogen-bond donors (Lipinski definition) is 3. The van der Waals surface area contributed by atoms with Crippen LogP contribution in [0.2, 0.25) is 13.1 Å². The molecule has 1 unspecified atom stereocenters. The van der Waals surface area contributed by atoms with Gasteiger partial charge in [0.05, 0.1) is 25.3 Å². The molecule has 0 fully saturated rings. The fourth-order valence-corrected chi connectivity index (χ4v) is 6.11. The third-order valence-corrected chi connectivity index (χ3v) is 8.85. The summed E-state index contributed by atoms with van der Waals surface area (Å²) in [6.07, 6.45) is -1.04. The van der Waals surface area contributed by atoms with Crippen molar-refractivity contribution < 1.29 is 28.3 Å². The molecule has 0 bridgehead atoms. The van der Waals surface area contributed by atoms with Gasteiger partial charge in [0.1, 0.15) is 0 Å². The van der Waals surface area contributed by atoms with Gasteiger partial charge in [0.2, 0.25) is 14.9 Å². The number of carbonyl (C=O) groups excluding carboxylic acids is 3. The third-order valence-electron chi connectivity index (χ3n) is 8.13. The van der Waals surface area contributed by atoms with Gasteiger partial charge in [-0.05, 0) is 69.1 Å². The van der Waals surface area contributed by atoms with Crippen molar-refractivity contribution in [3.63, 3.8) is 0 Å². The number of para-hydroxylation sites is 1. The Bertz CT molecular complexity index is 1580. The molecule has 1 aliphatic heterocycles. The minimum atomic E-state index is -1.72. The molecule has 0 spiro atoms. The molecule has 257 valence electrons. The van der Waals surface area contributed by atoms with Crippen molar-refractivity contribution in [3.8, 4) is 0 Å². The van der Waals surface area contributed by atoms with Crippen LogP contribution in [0.3, 0.4) is 0 Å². The number of nitrogens with one attached hydrogen (secondary N) is 3. The van der Waals surface area contributed by atoms with Crippen LogP contribution in [-0.4, -0.2) is 52.9 Å². The van der Waals surface area contributed by atoms with Crippen molar-refractivity contribution in [2.45, 2.75) is 84.9 Å². The van der Waals surface area contributed by atoms with Crippen molar-refractivity contribution in [3.05, 3.63) is 89.0 Å². The number of hydrogen-bond acceptors (Lipinski definition) is 6. The van der Waals surface area contributed by atoms with E-state index in [-0.39, 0.29) is 18.4 Å². The highest BCUT2D eigenvalue weighted by Gasteiger charge is 2.53. The Morgan fingerprint density at radius 2 is 1.60 bits per heavy atom. The van der Waals surface area contributed by atoms with Crippen LogP contribution in [0.15, 0.2) is 66.7 Å². The van der Waals surface area contributed by atoms with E-state index in [1.165, 1.54) is 4.90 Å². The lowest BCUT2D eigenvalue weighted by Crippen LogP contribution is -2.56. The van der Waals surface area contributed by atoms with Gasteiger partial charge in [-0.1, -0.05) is 68.8 Å². The summed E-state index contributed by atoms with van der Waals surface area (Å²) < 4.78 is 17.6. The first-order valence-electron chi connectivity index (χ1n) is 16.4. The van der Waals surface area contributed by atoms with Crippen molar-refractivity contribution in [2.75, 3.05) is 35.3 Å². The van der Waals surface area contributed by atoms with E-state index in [0.717, 1.165) is 16.7 Å². The number of fused-ring (bicyclic) bond motifs is 1. The number of aryl methyl sites for hydroxylation is 1. The minimum absolute atomic E-state index is 0.0793. The zero-order valence-corrected chi connectivity index (χ0v) is 30.4. The first-order valence-corrected chi connectivity index (χ1v) is 18.8. The van der Waals surface area contributed by atoms with Gasteiger partial charge in [-0.15, -0.1) is 0 Å². The van der Waals surface area contributed by atoms with E-state index in [1.807, 2.05) is 57.2 Å². The SMILES string of the molecule is CCOC(CN1C(=O)C(CC(=O)Nc2ccc(C)cc2)(NC(=O)Nc2ccc(C(C)(C)C)cc2CO[Si](C)C)c2ccccc21)OCC. The number of ether oxygens (including phenoxy) is 2. The molecule has 11 heteroatoms. The van der Waals surface area contributed by atoms with Crippen molar-refractivity contribution >= 4 is 43.9 Å². The first-order chi connectivity index (χ1) is 22.8. The highest BCUT2D eigenvalue weighted by atomic mass is 28.3. The molecular weight excluding hydrogens is 625 g/mol. The quantitative estimate of drug-likeness (QED) is 0.127. The normalized spacial score (nSPS) is 16.0. The smallest absolute Gasteiger partial charge is 0.320 e. The third kappa shape index (κ3) is 8.90. The highest BCUT2D eigenvalue weighted by Crippen LogP contribution is 2.43. The Morgan fingerprint density at radius 3 is 2.23 bits per heavy atom. The lowest BCUT2D eigenvalue weighted by Gasteiger charge is -2.31. The summed E-state index contributed by atoms with van der Waals surface area (Å²) in [5.41, 5.74) is 3.37. The fourth-order valence-electron chi connectivity index (χ4n) is 5.67. The highest BCUT2D eigenvalue weighted by molar-refractivity contribution is 6.48. The molecule has 1 radical (unpaired) electrons. The van der Waals surface area contributed by atoms with Gasteiger partial charge in [0.15, 0.2) is 11.8 Å². The van der Waals surface area contributed by atoms with Gasteiger partial charge in [-0.2, -0.15) is 0 Å². The van der Waals surface area contributed by atoms with Gasteiger partial charge in [0, 0.05) is 35.7 Å². The maximum absolute atomic E-state index is 14.6. The van der Waals surface area contributed by atoms with Crippen LogP contribution in [0, 0.1) is 6.92 Å². The number of anilines is 3. The maximum Gasteiger partial charge on any atom is 0.320 e. The van der Waals surface area contributed by atoms with Gasteiger partial charge in [0.25, 0.3) is 5.91 Å². The summed E-state index contributed by atoms with van der Waals surface area (Å²) in [5, 5.41) is 8.83. The van der Waals surface area contributed by atoms with E-state index in [4.69, 9.17) is 13.9 Å². The fraction of sp³-hybridized carbons (Fsp3) is 0.432. The topological polar surface area (TPSA) is 118 Å². The molecule has 0 aliphatic carbocycles. The Balaban J connectivity index is 1.72. The molecule has 48 heavy (non-hydrogen) atoms. The van der Waals surface area contributed by atoms with Gasteiger partial charge in [-0.3, -0.25) is 9.59 Å². The molecule has 3 aromatic carbocycles. The first kappa shape index (κ1) is 36.8. The van der Waals surface area contributed by atoms with E-state index >= 15 is 0 Å². The molecule has 1 aliphatic rings. The number of rotatable bonds is 14. The number of nitrogens with zero attached hydrogens (tertiary/aromatic N) is 1. The summed E-state index contributed by atoms with van der Waals surface area (Å²) in [5.74, 6) is -0.891. The molecular formula is C37H49N4O6Si. The van der Waals surface area contributed by atoms with Crippen LogP contribution in [0.4, 0.5) is 21.9 Å². The number of benzene rings is 3. The molecule has 3 aromatic rings. The Labute approximate surface area is 286 Å². The van der Waals surface area contributed by atoms with E-state index in [1.54, 1.807) is 30.3 Å². The predicted octanol–water partition coefficient (Wildman–Crippen LogP) is 6.85. The molecule has 1 atom stereocenters. The lowest BCUT2D eigenvalue weighted by molar-refractivity contribution is -0.138. The summed E-state index contributed by atoms with van der Waals surface area (Å²) in [7, 11) is -1.00. The largest absolute Gasteiger partial charge is 0.413 e. The van der Waals surface area contributed by atoms with E-state index < -0.39 is 38.7 Å². The minimum Gasteiger partial charge on any atom is -0.413 e. The predicted molar refractivity (Wildman–Crippen MR) is 192 cm³/mol. The van der Waals surface area contributed by atoms with E-state index in [9.17, 15) is 14.4 Å². The second-order valence-corrected chi connectivity index (χ2v) is 15.3. The molecule has 3 N–H and O–H groups in total. The molecule has 1 heterocycles. The summed E-state index contributed by atoms with van der Waals surface area (Å²) in [4.78, 5) is 43.9. The Kier molecular flexibility index (Phi) is 12.2. The van der Waals surface area contributed by atoms with Crippen LogP contribution in [0.5, 0.6) is 0 Å². The van der Waals surface area contributed by atoms with Crippen molar-refractivity contribution in [1.82, 2.24) is 5.32 Å². The molecule has 0 saturated carbocycles. The molecule has 4 amide bonds. The Hall–Kier alpha value is -4.03. The molecule has 0 saturated heterocycles. The standard InChI is InChI=1S/C37H49N4O6Si/c1-9-45-33(46-10-2)23-41-31-14-12-11-13-29(31)37(34(41)43,22-32(42)38-28-18-15-25(3)16-19-28)40-35(44)39-30-20-17-27(36(4,5)6)21-26(30)24-47-48(7)8/h11-21,33H,9-10,22-24H2,1-8H3,(H,38,42)(H2,39,40,44). The van der Waals surface area contributed by atoms with E-state index in [2.05, 4.69) is 49.8 Å². The summed E-state index contributed by atoms with van der Waals surface area (Å²) in [6, 6.07) is 19.8. The number of carbonyl (C=O) groups is 3.